The van der Waals surface area contributed by atoms with Crippen LogP contribution in [0, 0.1) is 0 Å². The highest BCUT2D eigenvalue weighted by atomic mass is 32.2. The zero-order valence-electron chi connectivity index (χ0n) is 17.2. The summed E-state index contributed by atoms with van der Waals surface area (Å²) in [5, 5.41) is 2.68. The zero-order chi connectivity index (χ0) is 22.6. The van der Waals surface area contributed by atoms with E-state index in [0.717, 1.165) is 11.0 Å². The lowest BCUT2D eigenvalue weighted by Crippen LogP contribution is -2.26. The molecule has 0 saturated carbocycles. The maximum absolute atomic E-state index is 13.0. The summed E-state index contributed by atoms with van der Waals surface area (Å²) in [6, 6.07) is 22.4. The van der Waals surface area contributed by atoms with Gasteiger partial charge in [0, 0.05) is 18.8 Å². The average Bonchev–Trinajstić information content (AvgIpc) is 2.83. The fourth-order valence-corrected chi connectivity index (χ4v) is 4.31. The van der Waals surface area contributed by atoms with Crippen molar-refractivity contribution >= 4 is 44.4 Å². The van der Waals surface area contributed by atoms with E-state index in [1.54, 1.807) is 48.7 Å². The van der Waals surface area contributed by atoms with Gasteiger partial charge in [-0.3, -0.25) is 14.1 Å². The maximum Gasteiger partial charge on any atom is 0.264 e. The predicted octanol–water partition coefficient (Wildman–Crippen LogP) is 4.11. The van der Waals surface area contributed by atoms with E-state index in [2.05, 4.69) is 15.3 Å². The first-order valence-electron chi connectivity index (χ1n) is 9.78. The maximum atomic E-state index is 13.0. The summed E-state index contributed by atoms with van der Waals surface area (Å²) in [6.07, 6.45) is 4.47. The van der Waals surface area contributed by atoms with Gasteiger partial charge < -0.3 is 5.32 Å². The van der Waals surface area contributed by atoms with Gasteiger partial charge in [-0.15, -0.1) is 0 Å². The lowest BCUT2D eigenvalue weighted by atomic mass is 10.3. The molecule has 4 rings (SSSR count). The number of nitrogens with one attached hydrogen (secondary N) is 1. The molecule has 0 spiro atoms. The van der Waals surface area contributed by atoms with Gasteiger partial charge in [-0.05, 0) is 48.5 Å². The molecule has 0 unspecified atom stereocenters. The molecule has 160 valence electrons. The molecule has 0 aliphatic rings. The van der Waals surface area contributed by atoms with Crippen LogP contribution in [0.4, 0.5) is 11.4 Å². The number of fused-ring (bicyclic) bond motifs is 1. The number of benzene rings is 3. The molecule has 0 saturated heterocycles. The van der Waals surface area contributed by atoms with Gasteiger partial charge in [0.25, 0.3) is 10.0 Å². The van der Waals surface area contributed by atoms with Crippen molar-refractivity contribution in [3.63, 3.8) is 0 Å². The predicted molar refractivity (Wildman–Crippen MR) is 126 cm³/mol. The molecular formula is C24H20N4O3S. The van der Waals surface area contributed by atoms with Crippen LogP contribution in [0.1, 0.15) is 5.69 Å². The number of para-hydroxylation sites is 3. The third kappa shape index (κ3) is 4.65. The molecule has 0 radical (unpaired) electrons. The Balaban J connectivity index is 1.49. The van der Waals surface area contributed by atoms with E-state index >= 15 is 0 Å². The highest BCUT2D eigenvalue weighted by molar-refractivity contribution is 7.92. The van der Waals surface area contributed by atoms with Crippen molar-refractivity contribution in [3.05, 3.63) is 96.8 Å². The van der Waals surface area contributed by atoms with Crippen LogP contribution in [0.2, 0.25) is 0 Å². The van der Waals surface area contributed by atoms with Crippen molar-refractivity contribution in [1.82, 2.24) is 9.97 Å². The normalized spacial score (nSPS) is 11.5. The van der Waals surface area contributed by atoms with Crippen LogP contribution in [0.25, 0.3) is 17.1 Å². The van der Waals surface area contributed by atoms with Crippen molar-refractivity contribution in [2.75, 3.05) is 16.7 Å². The minimum absolute atomic E-state index is 0.0750. The fourth-order valence-electron chi connectivity index (χ4n) is 3.07. The highest BCUT2D eigenvalue weighted by Gasteiger charge is 2.21. The van der Waals surface area contributed by atoms with E-state index in [-0.39, 0.29) is 4.90 Å². The SMILES string of the molecule is CN(c1ccccc1)S(=O)(=O)c1cccc(NC(=O)/C=C/c2cnc3ccccc3n2)c1. The summed E-state index contributed by atoms with van der Waals surface area (Å²) in [4.78, 5) is 21.2. The number of hydrogen-bond acceptors (Lipinski definition) is 5. The molecule has 3 aromatic carbocycles. The number of carbonyl (C=O) groups excluding carboxylic acids is 1. The van der Waals surface area contributed by atoms with Crippen LogP contribution in [-0.4, -0.2) is 31.3 Å². The Morgan fingerprint density at radius 3 is 2.44 bits per heavy atom. The fraction of sp³-hybridized carbons (Fsp3) is 0.0417. The molecule has 32 heavy (non-hydrogen) atoms. The van der Waals surface area contributed by atoms with E-state index in [1.165, 1.54) is 29.6 Å². The highest BCUT2D eigenvalue weighted by Crippen LogP contribution is 2.23. The summed E-state index contributed by atoms with van der Waals surface area (Å²) < 4.78 is 27.1. The third-order valence-corrected chi connectivity index (χ3v) is 6.53. The zero-order valence-corrected chi connectivity index (χ0v) is 18.0. The van der Waals surface area contributed by atoms with Gasteiger partial charge in [0.15, 0.2) is 0 Å². The summed E-state index contributed by atoms with van der Waals surface area (Å²) in [5.74, 6) is -0.411. The summed E-state index contributed by atoms with van der Waals surface area (Å²) >= 11 is 0. The number of aromatic nitrogens is 2. The standard InChI is InChI=1S/C24H20N4O3S/c1-28(20-9-3-2-4-10-20)32(30,31)21-11-7-8-18(16-21)27-24(29)15-14-19-17-25-22-12-5-6-13-23(22)26-19/h2-17H,1H3,(H,27,29)/b15-14+. The Morgan fingerprint density at radius 1 is 0.938 bits per heavy atom. The molecule has 1 aromatic heterocycles. The summed E-state index contributed by atoms with van der Waals surface area (Å²) in [5.41, 5.74) is 2.95. The minimum atomic E-state index is -3.78. The Labute approximate surface area is 186 Å². The second kappa shape index (κ2) is 8.99. The second-order valence-corrected chi connectivity index (χ2v) is 8.91. The summed E-state index contributed by atoms with van der Waals surface area (Å²) in [7, 11) is -2.29. The van der Waals surface area contributed by atoms with Gasteiger partial charge >= 0.3 is 0 Å². The van der Waals surface area contributed by atoms with Crippen LogP contribution < -0.4 is 9.62 Å². The van der Waals surface area contributed by atoms with Crippen molar-refractivity contribution in [2.24, 2.45) is 0 Å². The van der Waals surface area contributed by atoms with E-state index < -0.39 is 15.9 Å². The number of nitrogens with zero attached hydrogens (tertiary/aromatic N) is 3. The largest absolute Gasteiger partial charge is 0.322 e. The molecule has 8 heteroatoms. The number of carbonyl (C=O) groups is 1. The Hall–Kier alpha value is -4.04. The van der Waals surface area contributed by atoms with E-state index in [4.69, 9.17) is 0 Å². The molecule has 1 N–H and O–H groups in total. The van der Waals surface area contributed by atoms with Crippen LogP contribution in [0.3, 0.4) is 0 Å². The molecular weight excluding hydrogens is 424 g/mol. The molecule has 1 heterocycles. The number of amides is 1. The first-order chi connectivity index (χ1) is 15.4. The van der Waals surface area contributed by atoms with Gasteiger partial charge in [0.2, 0.25) is 5.91 Å². The van der Waals surface area contributed by atoms with Gasteiger partial charge in [-0.25, -0.2) is 13.4 Å². The number of sulfonamides is 1. The molecule has 0 bridgehead atoms. The smallest absolute Gasteiger partial charge is 0.264 e. The lowest BCUT2D eigenvalue weighted by molar-refractivity contribution is -0.111. The average molecular weight is 445 g/mol. The first kappa shape index (κ1) is 21.2. The molecule has 7 nitrogen and oxygen atoms in total. The topological polar surface area (TPSA) is 92.3 Å². The second-order valence-electron chi connectivity index (χ2n) is 6.94. The lowest BCUT2D eigenvalue weighted by Gasteiger charge is -2.19. The Morgan fingerprint density at radius 2 is 1.66 bits per heavy atom. The van der Waals surface area contributed by atoms with E-state index in [9.17, 15) is 13.2 Å². The van der Waals surface area contributed by atoms with Gasteiger partial charge in [-0.2, -0.15) is 0 Å². The Kier molecular flexibility index (Phi) is 5.96. The molecule has 0 fully saturated rings. The monoisotopic (exact) mass is 444 g/mol. The van der Waals surface area contributed by atoms with Crippen molar-refractivity contribution in [2.45, 2.75) is 4.90 Å². The number of hydrogen-bond donors (Lipinski definition) is 1. The minimum Gasteiger partial charge on any atom is -0.322 e. The quantitative estimate of drug-likeness (QED) is 0.452. The Bertz CT molecular complexity index is 1400. The van der Waals surface area contributed by atoms with Gasteiger partial charge in [0.1, 0.15) is 0 Å². The first-order valence-corrected chi connectivity index (χ1v) is 11.2. The number of anilines is 2. The third-order valence-electron chi connectivity index (χ3n) is 4.75. The van der Waals surface area contributed by atoms with Crippen LogP contribution in [-0.2, 0) is 14.8 Å². The van der Waals surface area contributed by atoms with Crippen LogP contribution in [0.5, 0.6) is 0 Å². The number of rotatable bonds is 6. The van der Waals surface area contributed by atoms with E-state index in [1.807, 2.05) is 30.3 Å². The summed E-state index contributed by atoms with van der Waals surface area (Å²) in [6.45, 7) is 0. The molecule has 4 aromatic rings. The van der Waals surface area contributed by atoms with E-state index in [0.29, 0.717) is 17.1 Å². The molecule has 0 aliphatic heterocycles. The molecule has 0 aliphatic carbocycles. The van der Waals surface area contributed by atoms with Crippen molar-refractivity contribution in [1.29, 1.82) is 0 Å². The van der Waals surface area contributed by atoms with Crippen LogP contribution in [0.15, 0.2) is 96.0 Å². The molecule has 0 atom stereocenters. The van der Waals surface area contributed by atoms with Gasteiger partial charge in [0.05, 0.1) is 33.5 Å². The van der Waals surface area contributed by atoms with Crippen molar-refractivity contribution in [3.8, 4) is 0 Å². The van der Waals surface area contributed by atoms with Crippen molar-refractivity contribution < 1.29 is 13.2 Å². The molecule has 1 amide bonds. The van der Waals surface area contributed by atoms with Gasteiger partial charge in [-0.1, -0.05) is 36.4 Å². The van der Waals surface area contributed by atoms with Crippen LogP contribution >= 0.6 is 0 Å².